The van der Waals surface area contributed by atoms with Crippen molar-refractivity contribution >= 4 is 0 Å². The Hall–Kier alpha value is -2.76. The van der Waals surface area contributed by atoms with Gasteiger partial charge in [0, 0.05) is 17.5 Å². The summed E-state index contributed by atoms with van der Waals surface area (Å²) in [5, 5.41) is 50.0. The van der Waals surface area contributed by atoms with Gasteiger partial charge >= 0.3 is 0 Å². The van der Waals surface area contributed by atoms with Crippen LogP contribution in [0.5, 0.6) is 28.7 Å². The Morgan fingerprint density at radius 3 is 2.48 bits per heavy atom. The van der Waals surface area contributed by atoms with Crippen molar-refractivity contribution in [1.82, 2.24) is 0 Å². The van der Waals surface area contributed by atoms with Crippen LogP contribution in [0.25, 0.3) is 0 Å². The number of hydrogen-bond donors (Lipinski definition) is 5. The van der Waals surface area contributed by atoms with Crippen molar-refractivity contribution in [3.63, 3.8) is 0 Å². The van der Waals surface area contributed by atoms with Crippen molar-refractivity contribution in [3.8, 4) is 28.7 Å². The van der Waals surface area contributed by atoms with Gasteiger partial charge in [-0.1, -0.05) is 12.1 Å². The Bertz CT molecular complexity index is 978. The highest BCUT2D eigenvalue weighted by atomic mass is 16.7. The molecule has 5 N–H and O–H groups in total. The van der Waals surface area contributed by atoms with E-state index in [0.717, 1.165) is 5.56 Å². The van der Waals surface area contributed by atoms with Crippen molar-refractivity contribution in [2.24, 2.45) is 0 Å². The van der Waals surface area contributed by atoms with Crippen molar-refractivity contribution in [2.45, 2.75) is 43.0 Å². The van der Waals surface area contributed by atoms with Gasteiger partial charge < -0.3 is 49.2 Å². The molecule has 0 bridgehead atoms. The van der Waals surface area contributed by atoms with Crippen LogP contribution in [-0.2, 0) is 11.2 Å². The van der Waals surface area contributed by atoms with Crippen LogP contribution in [0, 0.1) is 0 Å². The Labute approximate surface area is 190 Å². The van der Waals surface area contributed by atoms with Crippen LogP contribution in [-0.4, -0.2) is 83.7 Å². The average Bonchev–Trinajstić information content (AvgIpc) is 2.83. The van der Waals surface area contributed by atoms with Crippen LogP contribution in [0.3, 0.4) is 0 Å². The highest BCUT2D eigenvalue weighted by Gasteiger charge is 2.44. The minimum atomic E-state index is -1.52. The van der Waals surface area contributed by atoms with Gasteiger partial charge in [-0.05, 0) is 24.1 Å². The molecule has 3 unspecified atom stereocenters. The Balaban J connectivity index is 1.50. The first-order chi connectivity index (χ1) is 15.9. The maximum absolute atomic E-state index is 10.7. The standard InChI is InChI=1S/C23H28O10/c1-29-15-6-5-14(18(25)22(15)30-2)12-7-11-3-4-13(8-16(11)31-10-12)32-23-21(28)20(27)19(26)17(9-24)33-23/h3-6,8,12,17,19-21,23-28H,7,9-10H2,1-2H3/t12?,17?,19-,20+,21?,23-/m1/s1. The van der Waals surface area contributed by atoms with Gasteiger partial charge in [-0.25, -0.2) is 0 Å². The lowest BCUT2D eigenvalue weighted by molar-refractivity contribution is -0.277. The molecule has 0 aromatic heterocycles. The number of fused-ring (bicyclic) bond motifs is 1. The summed E-state index contributed by atoms with van der Waals surface area (Å²) in [5.74, 6) is 1.50. The molecule has 0 aliphatic carbocycles. The molecular weight excluding hydrogens is 436 g/mol. The predicted molar refractivity (Wildman–Crippen MR) is 114 cm³/mol. The minimum absolute atomic E-state index is 0.0106. The molecular formula is C23H28O10. The lowest BCUT2D eigenvalue weighted by Gasteiger charge is -2.39. The molecule has 0 radical (unpaired) electrons. The molecule has 0 amide bonds. The fourth-order valence-electron chi connectivity index (χ4n) is 4.18. The molecule has 2 aliphatic rings. The van der Waals surface area contributed by atoms with Gasteiger partial charge in [0.15, 0.2) is 11.5 Å². The maximum Gasteiger partial charge on any atom is 0.229 e. The summed E-state index contributed by atoms with van der Waals surface area (Å²) in [6, 6.07) is 8.63. The summed E-state index contributed by atoms with van der Waals surface area (Å²) in [7, 11) is 2.96. The average molecular weight is 464 g/mol. The zero-order chi connectivity index (χ0) is 23.7. The molecule has 2 aromatic carbocycles. The van der Waals surface area contributed by atoms with E-state index in [1.54, 1.807) is 30.3 Å². The number of aromatic hydroxyl groups is 1. The fourth-order valence-corrected chi connectivity index (χ4v) is 4.18. The molecule has 1 fully saturated rings. The summed E-state index contributed by atoms with van der Waals surface area (Å²) >= 11 is 0. The van der Waals surface area contributed by atoms with E-state index in [1.165, 1.54) is 14.2 Å². The quantitative estimate of drug-likeness (QED) is 0.405. The van der Waals surface area contributed by atoms with Crippen LogP contribution >= 0.6 is 0 Å². The van der Waals surface area contributed by atoms with E-state index in [1.807, 2.05) is 0 Å². The third-order valence-corrected chi connectivity index (χ3v) is 6.04. The number of benzene rings is 2. The van der Waals surface area contributed by atoms with Crippen LogP contribution in [0.15, 0.2) is 30.3 Å². The number of phenolic OH excluding ortho intramolecular Hbond substituents is 1. The summed E-state index contributed by atoms with van der Waals surface area (Å²) in [6.07, 6.45) is -6.22. The Morgan fingerprint density at radius 2 is 1.79 bits per heavy atom. The Morgan fingerprint density at radius 1 is 1.00 bits per heavy atom. The van der Waals surface area contributed by atoms with Gasteiger partial charge in [-0.15, -0.1) is 0 Å². The molecule has 2 aromatic rings. The van der Waals surface area contributed by atoms with Gasteiger partial charge in [-0.3, -0.25) is 0 Å². The smallest absolute Gasteiger partial charge is 0.229 e. The van der Waals surface area contributed by atoms with Gasteiger partial charge in [0.05, 0.1) is 27.4 Å². The Kier molecular flexibility index (Phi) is 6.82. The molecule has 180 valence electrons. The van der Waals surface area contributed by atoms with Gasteiger partial charge in [0.2, 0.25) is 12.0 Å². The van der Waals surface area contributed by atoms with Crippen molar-refractivity contribution in [2.75, 3.05) is 27.4 Å². The van der Waals surface area contributed by atoms with E-state index in [4.69, 9.17) is 23.7 Å². The van der Waals surface area contributed by atoms with Gasteiger partial charge in [0.1, 0.15) is 35.9 Å². The number of hydrogen-bond acceptors (Lipinski definition) is 10. The highest BCUT2D eigenvalue weighted by molar-refractivity contribution is 5.57. The van der Waals surface area contributed by atoms with E-state index >= 15 is 0 Å². The van der Waals surface area contributed by atoms with E-state index in [9.17, 15) is 25.5 Å². The maximum atomic E-state index is 10.7. The molecule has 2 aliphatic heterocycles. The monoisotopic (exact) mass is 464 g/mol. The molecule has 10 nitrogen and oxygen atoms in total. The molecule has 0 spiro atoms. The second-order valence-corrected chi connectivity index (χ2v) is 8.04. The topological polar surface area (TPSA) is 147 Å². The van der Waals surface area contributed by atoms with Crippen LogP contribution < -0.4 is 18.9 Å². The molecule has 1 saturated heterocycles. The predicted octanol–water partition coefficient (Wildman–Crippen LogP) is 0.307. The third kappa shape index (κ3) is 4.40. The van der Waals surface area contributed by atoms with Crippen LogP contribution in [0.2, 0.25) is 0 Å². The van der Waals surface area contributed by atoms with Crippen molar-refractivity contribution in [1.29, 1.82) is 0 Å². The zero-order valence-electron chi connectivity index (χ0n) is 18.2. The number of aliphatic hydroxyl groups excluding tert-OH is 4. The molecule has 10 heteroatoms. The molecule has 6 atom stereocenters. The SMILES string of the molecule is COc1ccc(C2COc3cc(O[C@@H]4OC(CO)[C@@H](O)[C@H](O)C4O)ccc3C2)c(O)c1OC. The lowest BCUT2D eigenvalue weighted by atomic mass is 9.89. The number of rotatable bonds is 6. The first-order valence-electron chi connectivity index (χ1n) is 10.5. The lowest BCUT2D eigenvalue weighted by Crippen LogP contribution is -2.60. The van der Waals surface area contributed by atoms with E-state index < -0.39 is 37.3 Å². The zero-order valence-corrected chi connectivity index (χ0v) is 18.2. The normalized spacial score (nSPS) is 29.0. The summed E-state index contributed by atoms with van der Waals surface area (Å²) in [6.45, 7) is -0.234. The molecule has 2 heterocycles. The molecule has 33 heavy (non-hydrogen) atoms. The van der Waals surface area contributed by atoms with Crippen molar-refractivity contribution in [3.05, 3.63) is 41.5 Å². The van der Waals surface area contributed by atoms with Crippen molar-refractivity contribution < 1.29 is 49.2 Å². The van der Waals surface area contributed by atoms with E-state index in [-0.39, 0.29) is 17.4 Å². The summed E-state index contributed by atoms with van der Waals surface area (Å²) in [4.78, 5) is 0. The number of methoxy groups -OCH3 is 2. The molecule has 0 saturated carbocycles. The first-order valence-corrected chi connectivity index (χ1v) is 10.5. The van der Waals surface area contributed by atoms with Crippen LogP contribution in [0.1, 0.15) is 17.0 Å². The number of aliphatic hydroxyl groups is 4. The van der Waals surface area contributed by atoms with E-state index in [2.05, 4.69) is 0 Å². The second kappa shape index (κ2) is 9.62. The summed E-state index contributed by atoms with van der Waals surface area (Å²) < 4.78 is 27.5. The fraction of sp³-hybridized carbons (Fsp3) is 0.478. The van der Waals surface area contributed by atoms with Crippen LogP contribution in [0.4, 0.5) is 0 Å². The largest absolute Gasteiger partial charge is 0.504 e. The first kappa shape index (κ1) is 23.4. The number of phenols is 1. The highest BCUT2D eigenvalue weighted by Crippen LogP contribution is 2.44. The third-order valence-electron chi connectivity index (χ3n) is 6.04. The van der Waals surface area contributed by atoms with Gasteiger partial charge in [-0.2, -0.15) is 0 Å². The second-order valence-electron chi connectivity index (χ2n) is 8.04. The number of ether oxygens (including phenoxy) is 5. The van der Waals surface area contributed by atoms with E-state index in [0.29, 0.717) is 35.8 Å². The molecule has 4 rings (SSSR count). The van der Waals surface area contributed by atoms with Gasteiger partial charge in [0.25, 0.3) is 0 Å². The minimum Gasteiger partial charge on any atom is -0.504 e. The summed E-state index contributed by atoms with van der Waals surface area (Å²) in [5.41, 5.74) is 1.57.